The molecular formula is C19H18N2O3S. The second kappa shape index (κ2) is 7.11. The Hall–Kier alpha value is -2.60. The van der Waals surface area contributed by atoms with Crippen molar-refractivity contribution in [3.8, 4) is 0 Å². The van der Waals surface area contributed by atoms with E-state index in [1.165, 1.54) is 11.9 Å². The first-order chi connectivity index (χ1) is 12.0. The topological polar surface area (TPSA) is 66.5 Å². The molecule has 0 bridgehead atoms. The van der Waals surface area contributed by atoms with Crippen LogP contribution in [0.1, 0.15) is 33.2 Å². The number of hydrogen-bond donors (Lipinski definition) is 1. The van der Waals surface area contributed by atoms with Crippen LogP contribution < -0.4 is 5.32 Å². The quantitative estimate of drug-likeness (QED) is 0.661. The zero-order valence-electron chi connectivity index (χ0n) is 14.0. The molecule has 0 saturated carbocycles. The molecule has 6 heteroatoms. The lowest BCUT2D eigenvalue weighted by atomic mass is 10.1. The Morgan fingerprint density at radius 3 is 2.48 bits per heavy atom. The number of nitrogens with zero attached hydrogens (tertiary/aromatic N) is 1. The molecule has 1 aliphatic heterocycles. The summed E-state index contributed by atoms with van der Waals surface area (Å²) in [5, 5.41) is 2.76. The van der Waals surface area contributed by atoms with Crippen LogP contribution in [0.3, 0.4) is 0 Å². The lowest BCUT2D eigenvalue weighted by molar-refractivity contribution is -0.115. The predicted molar refractivity (Wildman–Crippen MR) is 98.0 cm³/mol. The highest BCUT2D eigenvalue weighted by Gasteiger charge is 2.35. The first-order valence-electron chi connectivity index (χ1n) is 7.98. The molecule has 2 aromatic carbocycles. The second-order valence-electron chi connectivity index (χ2n) is 5.70. The third kappa shape index (κ3) is 3.44. The van der Waals surface area contributed by atoms with E-state index in [1.807, 2.05) is 24.3 Å². The summed E-state index contributed by atoms with van der Waals surface area (Å²) in [5.74, 6) is 0.0382. The van der Waals surface area contributed by atoms with Gasteiger partial charge in [0.2, 0.25) is 5.91 Å². The molecule has 0 aromatic heterocycles. The average molecular weight is 354 g/mol. The summed E-state index contributed by atoms with van der Waals surface area (Å²) in [5.41, 5.74) is 1.86. The van der Waals surface area contributed by atoms with Crippen molar-refractivity contribution in [2.75, 3.05) is 18.1 Å². The van der Waals surface area contributed by atoms with Gasteiger partial charge in [-0.3, -0.25) is 19.3 Å². The minimum Gasteiger partial charge on any atom is -0.325 e. The molecule has 3 amide bonds. The molecule has 2 aromatic rings. The van der Waals surface area contributed by atoms with Gasteiger partial charge >= 0.3 is 0 Å². The number of benzene rings is 2. The van der Waals surface area contributed by atoms with Crippen LogP contribution >= 0.6 is 11.8 Å². The van der Waals surface area contributed by atoms with Crippen LogP contribution in [0.15, 0.2) is 47.4 Å². The molecule has 3 rings (SSSR count). The normalized spacial score (nSPS) is 13.1. The molecule has 0 spiro atoms. The number of hydrogen-bond acceptors (Lipinski definition) is 4. The number of fused-ring (bicyclic) bond motifs is 1. The van der Waals surface area contributed by atoms with E-state index in [4.69, 9.17) is 0 Å². The second-order valence-corrected chi connectivity index (χ2v) is 7.04. The standard InChI is InChI=1S/C19H18N2O3S/c1-3-25-13-9-7-12(8-10-13)11-16(22)20-15-6-4-5-14-17(15)19(24)21(2)18(14)23/h4-10H,3,11H2,1-2H3,(H,20,22). The zero-order valence-corrected chi connectivity index (χ0v) is 14.9. The summed E-state index contributed by atoms with van der Waals surface area (Å²) in [6.07, 6.45) is 0.207. The average Bonchev–Trinajstić information content (AvgIpc) is 2.82. The van der Waals surface area contributed by atoms with Gasteiger partial charge in [-0.25, -0.2) is 0 Å². The molecule has 1 aliphatic rings. The fourth-order valence-corrected chi connectivity index (χ4v) is 3.42. The third-order valence-corrected chi connectivity index (χ3v) is 4.89. The summed E-state index contributed by atoms with van der Waals surface area (Å²) in [4.78, 5) is 38.8. The van der Waals surface area contributed by atoms with Crippen molar-refractivity contribution >= 4 is 35.2 Å². The smallest absolute Gasteiger partial charge is 0.263 e. The summed E-state index contributed by atoms with van der Waals surface area (Å²) in [7, 11) is 1.44. The van der Waals surface area contributed by atoms with E-state index in [-0.39, 0.29) is 23.8 Å². The van der Waals surface area contributed by atoms with Crippen LogP contribution in [0.25, 0.3) is 0 Å². The molecule has 5 nitrogen and oxygen atoms in total. The van der Waals surface area contributed by atoms with Crippen LogP contribution in [0, 0.1) is 0 Å². The Morgan fingerprint density at radius 1 is 1.08 bits per heavy atom. The summed E-state index contributed by atoms with van der Waals surface area (Å²) >= 11 is 1.74. The van der Waals surface area contributed by atoms with Crippen molar-refractivity contribution in [3.05, 3.63) is 59.2 Å². The van der Waals surface area contributed by atoms with Crippen LogP contribution in [-0.2, 0) is 11.2 Å². The minimum absolute atomic E-state index is 0.207. The Morgan fingerprint density at radius 2 is 1.80 bits per heavy atom. The fraction of sp³-hybridized carbons (Fsp3) is 0.211. The van der Waals surface area contributed by atoms with Crippen LogP contribution in [0.2, 0.25) is 0 Å². The van der Waals surface area contributed by atoms with Gasteiger partial charge in [0.15, 0.2) is 0 Å². The van der Waals surface area contributed by atoms with Gasteiger partial charge in [-0.2, -0.15) is 0 Å². The number of carbonyl (C=O) groups excluding carboxylic acids is 3. The minimum atomic E-state index is -0.392. The zero-order chi connectivity index (χ0) is 18.0. The van der Waals surface area contributed by atoms with Crippen molar-refractivity contribution in [3.63, 3.8) is 0 Å². The van der Waals surface area contributed by atoms with Gasteiger partial charge in [0.25, 0.3) is 11.8 Å². The van der Waals surface area contributed by atoms with E-state index in [9.17, 15) is 14.4 Å². The summed E-state index contributed by atoms with van der Waals surface area (Å²) in [6, 6.07) is 12.7. The lowest BCUT2D eigenvalue weighted by Gasteiger charge is -2.09. The van der Waals surface area contributed by atoms with Crippen molar-refractivity contribution in [1.82, 2.24) is 4.90 Å². The Labute approximate surface area is 150 Å². The first kappa shape index (κ1) is 17.2. The molecule has 0 saturated heterocycles. The Balaban J connectivity index is 1.74. The van der Waals surface area contributed by atoms with Crippen molar-refractivity contribution in [1.29, 1.82) is 0 Å². The SMILES string of the molecule is CCSc1ccc(CC(=O)Nc2cccc3c2C(=O)N(C)C3=O)cc1. The summed E-state index contributed by atoms with van der Waals surface area (Å²) < 4.78 is 0. The maximum atomic E-state index is 12.3. The van der Waals surface area contributed by atoms with E-state index in [2.05, 4.69) is 12.2 Å². The monoisotopic (exact) mass is 354 g/mol. The lowest BCUT2D eigenvalue weighted by Crippen LogP contribution is -2.24. The number of nitrogens with one attached hydrogen (secondary N) is 1. The van der Waals surface area contributed by atoms with Gasteiger partial charge in [0, 0.05) is 11.9 Å². The molecule has 1 heterocycles. The molecule has 0 fully saturated rings. The third-order valence-electron chi connectivity index (χ3n) is 3.99. The molecule has 128 valence electrons. The summed E-state index contributed by atoms with van der Waals surface area (Å²) in [6.45, 7) is 2.09. The predicted octanol–water partition coefficient (Wildman–Crippen LogP) is 3.21. The van der Waals surface area contributed by atoms with Gasteiger partial charge in [-0.1, -0.05) is 25.1 Å². The number of anilines is 1. The number of carbonyl (C=O) groups is 3. The van der Waals surface area contributed by atoms with Crippen LogP contribution in [0.4, 0.5) is 5.69 Å². The molecule has 0 unspecified atom stereocenters. The number of imide groups is 1. The highest BCUT2D eigenvalue weighted by atomic mass is 32.2. The molecular weight excluding hydrogens is 336 g/mol. The van der Waals surface area contributed by atoms with Gasteiger partial charge in [-0.15, -0.1) is 11.8 Å². The number of amides is 3. The van der Waals surface area contributed by atoms with Crippen molar-refractivity contribution in [2.24, 2.45) is 0 Å². The van der Waals surface area contributed by atoms with E-state index in [0.29, 0.717) is 11.3 Å². The maximum Gasteiger partial charge on any atom is 0.263 e. The van der Waals surface area contributed by atoms with Gasteiger partial charge in [0.05, 0.1) is 23.2 Å². The molecule has 1 N–H and O–H groups in total. The van der Waals surface area contributed by atoms with E-state index >= 15 is 0 Å². The molecule has 0 aliphatic carbocycles. The van der Waals surface area contributed by atoms with Crippen LogP contribution in [-0.4, -0.2) is 35.4 Å². The van der Waals surface area contributed by atoms with E-state index in [0.717, 1.165) is 16.2 Å². The van der Waals surface area contributed by atoms with Gasteiger partial charge in [-0.05, 0) is 35.6 Å². The van der Waals surface area contributed by atoms with Crippen LogP contribution in [0.5, 0.6) is 0 Å². The van der Waals surface area contributed by atoms with Gasteiger partial charge in [0.1, 0.15) is 0 Å². The molecule has 25 heavy (non-hydrogen) atoms. The highest BCUT2D eigenvalue weighted by molar-refractivity contribution is 7.99. The van der Waals surface area contributed by atoms with E-state index in [1.54, 1.807) is 30.0 Å². The van der Waals surface area contributed by atoms with Crippen molar-refractivity contribution < 1.29 is 14.4 Å². The highest BCUT2D eigenvalue weighted by Crippen LogP contribution is 2.28. The Kier molecular flexibility index (Phi) is 4.90. The van der Waals surface area contributed by atoms with Crippen molar-refractivity contribution in [2.45, 2.75) is 18.2 Å². The number of rotatable bonds is 5. The number of thioether (sulfide) groups is 1. The first-order valence-corrected chi connectivity index (χ1v) is 8.96. The largest absolute Gasteiger partial charge is 0.325 e. The fourth-order valence-electron chi connectivity index (χ4n) is 2.76. The molecule has 0 atom stereocenters. The van der Waals surface area contributed by atoms with Gasteiger partial charge < -0.3 is 5.32 Å². The maximum absolute atomic E-state index is 12.3. The van der Waals surface area contributed by atoms with E-state index < -0.39 is 5.91 Å². The Bertz CT molecular complexity index is 846. The molecule has 0 radical (unpaired) electrons.